The van der Waals surface area contributed by atoms with Crippen LogP contribution in [0.3, 0.4) is 0 Å². The van der Waals surface area contributed by atoms with E-state index in [1.165, 1.54) is 0 Å². The summed E-state index contributed by atoms with van der Waals surface area (Å²) in [6, 6.07) is 0. The van der Waals surface area contributed by atoms with Crippen LogP contribution in [0.4, 0.5) is 0 Å². The Bertz CT molecular complexity index is 97.1. The minimum Gasteiger partial charge on any atom is -0.393 e. The summed E-state index contributed by atoms with van der Waals surface area (Å²) < 4.78 is 10.9. The van der Waals surface area contributed by atoms with E-state index >= 15 is 0 Å². The number of hydrogen-bond donors (Lipinski definition) is 1. The van der Waals surface area contributed by atoms with E-state index in [0.29, 0.717) is 13.2 Å². The topological polar surface area (TPSA) is 44.5 Å². The minimum absolute atomic E-state index is 0.111. The summed E-state index contributed by atoms with van der Waals surface area (Å²) >= 11 is 0. The van der Waals surface area contributed by atoms with Crippen molar-refractivity contribution in [3.05, 3.63) is 0 Å². The predicted molar refractivity (Wildman–Crippen MR) is 51.9 cm³/mol. The predicted octanol–water partition coefficient (Wildman–Crippen LogP) is 1.21. The molecule has 0 aliphatic heterocycles. The fourth-order valence-corrected chi connectivity index (χ4v) is 2.57. The van der Waals surface area contributed by atoms with E-state index in [1.54, 1.807) is 0 Å². The van der Waals surface area contributed by atoms with Gasteiger partial charge in [0.05, 0.1) is 0 Å². The molecule has 0 amide bonds. The molecule has 3 nitrogen and oxygen atoms in total. The van der Waals surface area contributed by atoms with E-state index in [-0.39, 0.29) is 5.67 Å². The van der Waals surface area contributed by atoms with Crippen LogP contribution in [-0.4, -0.2) is 28.2 Å². The second-order valence-electron chi connectivity index (χ2n) is 2.58. The van der Waals surface area contributed by atoms with Crippen molar-refractivity contribution >= 4 is 9.28 Å². The first-order valence-corrected chi connectivity index (χ1v) is 6.03. The quantitative estimate of drug-likeness (QED) is 0.614. The molecule has 1 unspecified atom stereocenters. The lowest BCUT2D eigenvalue weighted by atomic mass is 10.3. The lowest BCUT2D eigenvalue weighted by Gasteiger charge is -2.18. The summed E-state index contributed by atoms with van der Waals surface area (Å²) in [6.45, 7) is 7.47. The summed E-state index contributed by atoms with van der Waals surface area (Å²) in [5.74, 6) is 0. The molecule has 73 valence electrons. The Morgan fingerprint density at radius 1 is 1.17 bits per heavy atom. The van der Waals surface area contributed by atoms with Gasteiger partial charge in [-0.3, -0.25) is 0 Å². The normalized spacial score (nSPS) is 13.8. The molecule has 1 radical (unpaired) electrons. The van der Waals surface area contributed by atoms with E-state index in [0.717, 1.165) is 12.8 Å². The molecule has 0 aliphatic rings. The number of hydrogen-bond acceptors (Lipinski definition) is 3. The van der Waals surface area contributed by atoms with Gasteiger partial charge in [-0.1, -0.05) is 13.3 Å². The Morgan fingerprint density at radius 2 is 1.67 bits per heavy atom. The van der Waals surface area contributed by atoms with Gasteiger partial charge in [0.25, 0.3) is 0 Å². The number of rotatable bonds is 7. The Balaban J connectivity index is 3.72. The molecule has 0 aliphatic carbocycles. The molecule has 0 saturated carbocycles. The molecule has 0 heterocycles. The highest BCUT2D eigenvalue weighted by Gasteiger charge is 2.23. The van der Waals surface area contributed by atoms with Crippen molar-refractivity contribution in [3.8, 4) is 0 Å². The summed E-state index contributed by atoms with van der Waals surface area (Å²) in [5, 5.41) is 0. The first-order valence-electron chi connectivity index (χ1n) is 4.64. The van der Waals surface area contributed by atoms with Gasteiger partial charge >= 0.3 is 9.28 Å². The van der Waals surface area contributed by atoms with Crippen LogP contribution >= 0.6 is 0 Å². The van der Waals surface area contributed by atoms with E-state index in [1.807, 2.05) is 13.8 Å². The van der Waals surface area contributed by atoms with Gasteiger partial charge in [-0.2, -0.15) is 0 Å². The molecular formula is C8H20NO2Si. The van der Waals surface area contributed by atoms with E-state index in [4.69, 9.17) is 14.6 Å². The highest BCUT2D eigenvalue weighted by Crippen LogP contribution is 2.01. The van der Waals surface area contributed by atoms with Crippen LogP contribution in [0, 0.1) is 0 Å². The molecule has 1 atom stereocenters. The fourth-order valence-electron chi connectivity index (χ4n) is 0.969. The molecule has 4 heteroatoms. The first kappa shape index (κ1) is 12.1. The SMILES string of the molecule is CCCC(N)[Si](OCC)OCC. The Morgan fingerprint density at radius 3 is 2.00 bits per heavy atom. The van der Waals surface area contributed by atoms with E-state index < -0.39 is 9.28 Å². The van der Waals surface area contributed by atoms with Crippen LogP contribution in [0.25, 0.3) is 0 Å². The van der Waals surface area contributed by atoms with Gasteiger partial charge < -0.3 is 14.6 Å². The van der Waals surface area contributed by atoms with Gasteiger partial charge in [-0.15, -0.1) is 0 Å². The fraction of sp³-hybridized carbons (Fsp3) is 1.00. The average Bonchev–Trinajstić information content (AvgIpc) is 2.04. The smallest absolute Gasteiger partial charge is 0.393 e. The van der Waals surface area contributed by atoms with Crippen LogP contribution < -0.4 is 5.73 Å². The monoisotopic (exact) mass is 190 g/mol. The molecular weight excluding hydrogens is 170 g/mol. The van der Waals surface area contributed by atoms with Crippen molar-refractivity contribution in [1.82, 2.24) is 0 Å². The maximum atomic E-state index is 5.90. The van der Waals surface area contributed by atoms with Gasteiger partial charge in [-0.25, -0.2) is 0 Å². The van der Waals surface area contributed by atoms with Crippen molar-refractivity contribution in [3.63, 3.8) is 0 Å². The first-order chi connectivity index (χ1) is 5.76. The standard InChI is InChI=1S/C8H20NO2Si/c1-4-7-8(9)12(10-5-2)11-6-3/h8H,4-7,9H2,1-3H3. The second kappa shape index (κ2) is 7.73. The molecule has 0 aromatic heterocycles. The van der Waals surface area contributed by atoms with Gasteiger partial charge in [0, 0.05) is 18.9 Å². The maximum Gasteiger partial charge on any atom is 0.403 e. The molecule has 0 rings (SSSR count). The van der Waals surface area contributed by atoms with Crippen LogP contribution in [0.1, 0.15) is 33.6 Å². The molecule has 0 spiro atoms. The highest BCUT2D eigenvalue weighted by atomic mass is 28.3. The molecule has 0 aromatic carbocycles. The average molecular weight is 190 g/mol. The lowest BCUT2D eigenvalue weighted by molar-refractivity contribution is 0.203. The van der Waals surface area contributed by atoms with Crippen molar-refractivity contribution in [2.24, 2.45) is 5.73 Å². The zero-order valence-corrected chi connectivity index (χ0v) is 9.30. The van der Waals surface area contributed by atoms with Crippen molar-refractivity contribution in [1.29, 1.82) is 0 Å². The minimum atomic E-state index is -1.21. The van der Waals surface area contributed by atoms with Crippen molar-refractivity contribution < 1.29 is 8.85 Å². The Kier molecular flexibility index (Phi) is 7.79. The van der Waals surface area contributed by atoms with E-state index in [2.05, 4.69) is 6.92 Å². The molecule has 2 N–H and O–H groups in total. The Hall–Kier alpha value is 0.0969. The van der Waals surface area contributed by atoms with Gasteiger partial charge in [0.15, 0.2) is 0 Å². The summed E-state index contributed by atoms with van der Waals surface area (Å²) in [6.07, 6.45) is 2.09. The summed E-state index contributed by atoms with van der Waals surface area (Å²) in [5.41, 5.74) is 6.01. The van der Waals surface area contributed by atoms with Gasteiger partial charge in [0.2, 0.25) is 0 Å². The molecule has 12 heavy (non-hydrogen) atoms. The second-order valence-corrected chi connectivity index (χ2v) is 4.54. The molecule has 0 saturated heterocycles. The molecule has 0 bridgehead atoms. The lowest BCUT2D eigenvalue weighted by Crippen LogP contribution is -2.43. The zero-order chi connectivity index (χ0) is 9.40. The third-order valence-electron chi connectivity index (χ3n) is 1.48. The molecule has 0 aromatic rings. The van der Waals surface area contributed by atoms with Crippen molar-refractivity contribution in [2.75, 3.05) is 13.2 Å². The van der Waals surface area contributed by atoms with Gasteiger partial charge in [-0.05, 0) is 20.3 Å². The highest BCUT2D eigenvalue weighted by molar-refractivity contribution is 6.46. The zero-order valence-electron chi connectivity index (χ0n) is 8.30. The maximum absolute atomic E-state index is 5.90. The largest absolute Gasteiger partial charge is 0.403 e. The summed E-state index contributed by atoms with van der Waals surface area (Å²) in [7, 11) is -1.21. The van der Waals surface area contributed by atoms with Crippen LogP contribution in [0.5, 0.6) is 0 Å². The third kappa shape index (κ3) is 4.87. The van der Waals surface area contributed by atoms with E-state index in [9.17, 15) is 0 Å². The van der Waals surface area contributed by atoms with Gasteiger partial charge in [0.1, 0.15) is 0 Å². The van der Waals surface area contributed by atoms with Crippen LogP contribution in [0.2, 0.25) is 0 Å². The Labute approximate surface area is 77.1 Å². The third-order valence-corrected chi connectivity index (χ3v) is 3.52. The number of nitrogens with two attached hydrogens (primary N) is 1. The van der Waals surface area contributed by atoms with Crippen LogP contribution in [0.15, 0.2) is 0 Å². The molecule has 0 fully saturated rings. The van der Waals surface area contributed by atoms with Crippen LogP contribution in [-0.2, 0) is 8.85 Å². The van der Waals surface area contributed by atoms with Crippen molar-refractivity contribution in [2.45, 2.75) is 39.3 Å². The summed E-state index contributed by atoms with van der Waals surface area (Å²) in [4.78, 5) is 0.